The van der Waals surface area contributed by atoms with Crippen molar-refractivity contribution < 1.29 is 38.1 Å². The summed E-state index contributed by atoms with van der Waals surface area (Å²) in [6.07, 6.45) is 27.2. The van der Waals surface area contributed by atoms with Crippen LogP contribution in [0.15, 0.2) is 0 Å². The van der Waals surface area contributed by atoms with Crippen LogP contribution in [0.25, 0.3) is 0 Å². The van der Waals surface area contributed by atoms with Gasteiger partial charge in [-0.25, -0.2) is 0 Å². The Bertz CT molecular complexity index is 803. The van der Waals surface area contributed by atoms with Crippen LogP contribution in [0.5, 0.6) is 0 Å². The average molecular weight is 789 g/mol. The van der Waals surface area contributed by atoms with Crippen molar-refractivity contribution in [3.8, 4) is 0 Å². The Balaban J connectivity index is 4.99. The maximum absolute atomic E-state index is 13.1. The Morgan fingerprint density at radius 2 is 0.623 bits per heavy atom. The predicted octanol–water partition coefficient (Wildman–Crippen LogP) is 12.0. The van der Waals surface area contributed by atoms with Crippen LogP contribution >= 0.6 is 23.5 Å². The van der Waals surface area contributed by atoms with Crippen LogP contribution in [0.3, 0.4) is 0 Å². The molecule has 0 bridgehead atoms. The van der Waals surface area contributed by atoms with E-state index in [1.165, 1.54) is 101 Å². The molecule has 2 unspecified atom stereocenters. The molecule has 0 radical (unpaired) electrons. The lowest BCUT2D eigenvalue weighted by atomic mass is 10.1. The number of carbonyl (C=O) groups is 4. The summed E-state index contributed by atoms with van der Waals surface area (Å²) in [7, 11) is 0. The van der Waals surface area contributed by atoms with Crippen LogP contribution in [0, 0.1) is 0 Å². The topological polar surface area (TPSA) is 105 Å². The lowest BCUT2D eigenvalue weighted by Crippen LogP contribution is -2.26. The smallest absolute Gasteiger partial charge is 0.319 e. The summed E-state index contributed by atoms with van der Waals surface area (Å²) < 4.78 is 22.2. The summed E-state index contributed by atoms with van der Waals surface area (Å²) in [6, 6.07) is 0. The zero-order valence-corrected chi connectivity index (χ0v) is 36.2. The van der Waals surface area contributed by atoms with Gasteiger partial charge in [0, 0.05) is 0 Å². The quantitative estimate of drug-likeness (QED) is 0.0338. The minimum absolute atomic E-state index is 0.0131. The molecular weight excluding hydrogens is 709 g/mol. The Morgan fingerprint density at radius 3 is 0.925 bits per heavy atom. The summed E-state index contributed by atoms with van der Waals surface area (Å²) in [6.45, 7) is 10.2. The van der Waals surface area contributed by atoms with Crippen LogP contribution in [0.2, 0.25) is 0 Å². The van der Waals surface area contributed by atoms with Gasteiger partial charge in [0.05, 0.1) is 39.3 Å². The van der Waals surface area contributed by atoms with Crippen molar-refractivity contribution in [2.75, 3.05) is 37.9 Å². The summed E-state index contributed by atoms with van der Waals surface area (Å²) in [5.74, 6) is -0.245. The van der Waals surface area contributed by atoms with Gasteiger partial charge in [-0.1, -0.05) is 156 Å². The van der Waals surface area contributed by atoms with Gasteiger partial charge in [0.2, 0.25) is 0 Å². The first-order valence-electron chi connectivity index (χ1n) is 21.8. The molecule has 53 heavy (non-hydrogen) atoms. The van der Waals surface area contributed by atoms with Crippen LogP contribution in [0.4, 0.5) is 0 Å². The summed E-state index contributed by atoms with van der Waals surface area (Å²) in [5, 5.41) is -1.26. The van der Waals surface area contributed by atoms with Crippen molar-refractivity contribution in [3.63, 3.8) is 0 Å². The second kappa shape index (κ2) is 40.2. The maximum atomic E-state index is 13.1. The van der Waals surface area contributed by atoms with Crippen molar-refractivity contribution in [1.82, 2.24) is 0 Å². The van der Waals surface area contributed by atoms with Crippen molar-refractivity contribution in [3.05, 3.63) is 0 Å². The number of carbonyl (C=O) groups excluding carboxylic acids is 4. The van der Waals surface area contributed by atoms with Crippen LogP contribution in [-0.2, 0) is 38.1 Å². The fraction of sp³-hybridized carbons (Fsp3) is 0.907. The Hall–Kier alpha value is -1.42. The summed E-state index contributed by atoms with van der Waals surface area (Å²) in [4.78, 5) is 51.6. The third-order valence-corrected chi connectivity index (χ3v) is 11.7. The second-order valence-corrected chi connectivity index (χ2v) is 16.9. The monoisotopic (exact) mass is 789 g/mol. The Labute approximate surface area is 333 Å². The molecule has 8 nitrogen and oxygen atoms in total. The molecule has 0 aromatic heterocycles. The van der Waals surface area contributed by atoms with Crippen LogP contribution in [0.1, 0.15) is 201 Å². The lowest BCUT2D eigenvalue weighted by molar-refractivity contribution is -0.149. The molecule has 0 heterocycles. The molecule has 0 saturated carbocycles. The first-order valence-corrected chi connectivity index (χ1v) is 23.9. The van der Waals surface area contributed by atoms with Crippen LogP contribution < -0.4 is 0 Å². The lowest BCUT2D eigenvalue weighted by Gasteiger charge is -2.17. The van der Waals surface area contributed by atoms with Gasteiger partial charge < -0.3 is 18.9 Å². The van der Waals surface area contributed by atoms with Gasteiger partial charge in [-0.05, 0) is 43.6 Å². The second-order valence-electron chi connectivity index (χ2n) is 14.3. The highest BCUT2D eigenvalue weighted by Gasteiger charge is 2.27. The number of unbranched alkanes of at least 4 members (excludes halogenated alkanes) is 20. The van der Waals surface area contributed by atoms with Gasteiger partial charge >= 0.3 is 23.9 Å². The fourth-order valence-corrected chi connectivity index (χ4v) is 8.07. The third kappa shape index (κ3) is 34.8. The van der Waals surface area contributed by atoms with Crippen molar-refractivity contribution in [2.24, 2.45) is 0 Å². The first kappa shape index (κ1) is 51.6. The minimum Gasteiger partial charge on any atom is -0.466 e. The Kier molecular flexibility index (Phi) is 39.2. The number of rotatable bonds is 40. The molecule has 0 spiro atoms. The van der Waals surface area contributed by atoms with E-state index in [9.17, 15) is 19.2 Å². The molecule has 2 atom stereocenters. The molecule has 0 aromatic rings. The van der Waals surface area contributed by atoms with E-state index in [1.807, 2.05) is 0 Å². The third-order valence-electron chi connectivity index (χ3n) is 9.16. The van der Waals surface area contributed by atoms with E-state index in [4.69, 9.17) is 18.9 Å². The molecule has 10 heteroatoms. The highest BCUT2D eigenvalue weighted by molar-refractivity contribution is 8.01. The molecule has 0 aliphatic carbocycles. The molecule has 0 fully saturated rings. The van der Waals surface area contributed by atoms with E-state index in [0.29, 0.717) is 44.4 Å². The first-order chi connectivity index (χ1) is 25.9. The molecule has 0 aromatic carbocycles. The standard InChI is InChI=1S/C43H80O8S2/c1-5-9-13-17-21-25-30-48-40(44)36-38(42(46)50-32-27-23-19-15-11-7-3)52-34-29-35-53-39(43(47)51-33-28-24-20-16-12-8-4)37-41(45)49-31-26-22-18-14-10-6-2/h38-39H,5-37H2,1-4H3. The van der Waals surface area contributed by atoms with E-state index in [0.717, 1.165) is 77.0 Å². The van der Waals surface area contributed by atoms with Gasteiger partial charge in [-0.15, -0.1) is 23.5 Å². The number of thioether (sulfide) groups is 2. The molecule has 0 N–H and O–H groups in total. The predicted molar refractivity (Wildman–Crippen MR) is 224 cm³/mol. The average Bonchev–Trinajstić information content (AvgIpc) is 3.15. The number of hydrogen-bond acceptors (Lipinski definition) is 10. The van der Waals surface area contributed by atoms with Gasteiger partial charge in [-0.2, -0.15) is 0 Å². The number of esters is 4. The van der Waals surface area contributed by atoms with Crippen LogP contribution in [-0.4, -0.2) is 72.3 Å². The normalized spacial score (nSPS) is 12.3. The molecule has 312 valence electrons. The van der Waals surface area contributed by atoms with Crippen molar-refractivity contribution in [1.29, 1.82) is 0 Å². The molecule has 0 rings (SSSR count). The van der Waals surface area contributed by atoms with E-state index in [-0.39, 0.29) is 36.7 Å². The van der Waals surface area contributed by atoms with E-state index in [2.05, 4.69) is 27.7 Å². The fourth-order valence-electron chi connectivity index (χ4n) is 5.78. The molecule has 0 amide bonds. The molecule has 0 aliphatic rings. The van der Waals surface area contributed by atoms with E-state index in [1.54, 1.807) is 0 Å². The highest BCUT2D eigenvalue weighted by atomic mass is 32.2. The minimum atomic E-state index is -0.632. The molecular formula is C43H80O8S2. The number of ether oxygens (including phenoxy) is 4. The van der Waals surface area contributed by atoms with Gasteiger partial charge in [-0.3, -0.25) is 19.2 Å². The number of hydrogen-bond donors (Lipinski definition) is 0. The van der Waals surface area contributed by atoms with Gasteiger partial charge in [0.15, 0.2) is 0 Å². The summed E-state index contributed by atoms with van der Waals surface area (Å²) >= 11 is 2.82. The van der Waals surface area contributed by atoms with Crippen molar-refractivity contribution >= 4 is 47.4 Å². The Morgan fingerprint density at radius 1 is 0.358 bits per heavy atom. The molecule has 0 aliphatic heterocycles. The van der Waals surface area contributed by atoms with E-state index >= 15 is 0 Å². The zero-order chi connectivity index (χ0) is 39.0. The maximum Gasteiger partial charge on any atom is 0.319 e. The van der Waals surface area contributed by atoms with Crippen molar-refractivity contribution in [2.45, 2.75) is 212 Å². The summed E-state index contributed by atoms with van der Waals surface area (Å²) in [5.41, 5.74) is 0. The van der Waals surface area contributed by atoms with Gasteiger partial charge in [0.1, 0.15) is 10.5 Å². The zero-order valence-electron chi connectivity index (χ0n) is 34.6. The molecule has 0 saturated heterocycles. The van der Waals surface area contributed by atoms with E-state index < -0.39 is 10.5 Å². The largest absolute Gasteiger partial charge is 0.466 e. The van der Waals surface area contributed by atoms with Gasteiger partial charge in [0.25, 0.3) is 0 Å². The SMILES string of the molecule is CCCCCCCCOC(=O)CC(SCCCSC(CC(=O)OCCCCCCCC)C(=O)OCCCCCCCC)C(=O)OCCCCCCCC. The highest BCUT2D eigenvalue weighted by Crippen LogP contribution is 2.23.